The molecule has 1 fully saturated rings. The minimum atomic E-state index is -4.76. The van der Waals surface area contributed by atoms with Crippen molar-refractivity contribution in [1.82, 2.24) is 9.78 Å². The molecule has 26 heavy (non-hydrogen) atoms. The summed E-state index contributed by atoms with van der Waals surface area (Å²) >= 11 is 6.08. The van der Waals surface area contributed by atoms with Crippen LogP contribution in [0.4, 0.5) is 13.2 Å². The molecule has 1 atom stereocenters. The van der Waals surface area contributed by atoms with Gasteiger partial charge in [-0.2, -0.15) is 18.3 Å². The van der Waals surface area contributed by atoms with Gasteiger partial charge in [0.1, 0.15) is 11.8 Å². The van der Waals surface area contributed by atoms with Crippen LogP contribution < -0.4 is 0 Å². The second kappa shape index (κ2) is 7.26. The Hall–Kier alpha value is -2.10. The SMILES string of the molecule is O=C(O)c1ccc(-c2nn(C[C@H]3COCCO3)cc2Cl)c(C(F)(F)F)c1. The molecule has 0 unspecified atom stereocenters. The average molecular weight is 391 g/mol. The summed E-state index contributed by atoms with van der Waals surface area (Å²) in [7, 11) is 0. The maximum absolute atomic E-state index is 13.4. The molecule has 0 bridgehead atoms. The number of aromatic carboxylic acids is 1. The van der Waals surface area contributed by atoms with Crippen LogP contribution in [0.2, 0.25) is 5.02 Å². The van der Waals surface area contributed by atoms with E-state index in [1.165, 1.54) is 10.9 Å². The van der Waals surface area contributed by atoms with Gasteiger partial charge in [-0.1, -0.05) is 17.7 Å². The lowest BCUT2D eigenvalue weighted by Gasteiger charge is -2.22. The van der Waals surface area contributed by atoms with Crippen molar-refractivity contribution in [3.05, 3.63) is 40.5 Å². The van der Waals surface area contributed by atoms with E-state index in [0.717, 1.165) is 12.1 Å². The maximum Gasteiger partial charge on any atom is 0.417 e. The van der Waals surface area contributed by atoms with Gasteiger partial charge < -0.3 is 14.6 Å². The molecule has 3 rings (SSSR count). The summed E-state index contributed by atoms with van der Waals surface area (Å²) in [5, 5.41) is 13.1. The topological polar surface area (TPSA) is 73.6 Å². The van der Waals surface area contributed by atoms with E-state index in [0.29, 0.717) is 25.9 Å². The molecule has 1 saturated heterocycles. The van der Waals surface area contributed by atoms with E-state index in [-0.39, 0.29) is 28.9 Å². The Bertz CT molecular complexity index is 816. The predicted molar refractivity (Wildman–Crippen MR) is 85.2 cm³/mol. The van der Waals surface area contributed by atoms with E-state index in [4.69, 9.17) is 26.2 Å². The highest BCUT2D eigenvalue weighted by Crippen LogP contribution is 2.39. The van der Waals surface area contributed by atoms with Crippen molar-refractivity contribution in [2.45, 2.75) is 18.8 Å². The third-order valence-electron chi connectivity index (χ3n) is 3.82. The van der Waals surface area contributed by atoms with Gasteiger partial charge >= 0.3 is 12.1 Å². The Labute approximate surface area is 151 Å². The zero-order chi connectivity index (χ0) is 18.9. The van der Waals surface area contributed by atoms with Crippen LogP contribution in [0.25, 0.3) is 11.3 Å². The van der Waals surface area contributed by atoms with Gasteiger partial charge in [0.2, 0.25) is 0 Å². The Morgan fingerprint density at radius 2 is 2.15 bits per heavy atom. The number of alkyl halides is 3. The predicted octanol–water partition coefficient (Wildman–Crippen LogP) is 3.34. The van der Waals surface area contributed by atoms with Crippen LogP contribution in [-0.4, -0.2) is 46.8 Å². The number of hydrogen-bond acceptors (Lipinski definition) is 4. The third kappa shape index (κ3) is 4.00. The molecule has 10 heteroatoms. The van der Waals surface area contributed by atoms with Crippen LogP contribution in [-0.2, 0) is 22.2 Å². The average Bonchev–Trinajstić information content (AvgIpc) is 2.94. The van der Waals surface area contributed by atoms with Gasteiger partial charge in [-0.3, -0.25) is 4.68 Å². The molecule has 0 saturated carbocycles. The Morgan fingerprint density at radius 1 is 1.38 bits per heavy atom. The lowest BCUT2D eigenvalue weighted by atomic mass is 10.0. The van der Waals surface area contributed by atoms with E-state index in [1.807, 2.05) is 0 Å². The summed E-state index contributed by atoms with van der Waals surface area (Å²) in [6, 6.07) is 2.72. The zero-order valence-corrected chi connectivity index (χ0v) is 14.0. The lowest BCUT2D eigenvalue weighted by Crippen LogP contribution is -2.32. The molecule has 1 aliphatic rings. The first-order valence-corrected chi connectivity index (χ1v) is 8.00. The van der Waals surface area contributed by atoms with Crippen molar-refractivity contribution < 1.29 is 32.5 Å². The summed E-state index contributed by atoms with van der Waals surface area (Å²) < 4.78 is 52.3. The van der Waals surface area contributed by atoms with Gasteiger partial charge in [0, 0.05) is 11.8 Å². The van der Waals surface area contributed by atoms with Gasteiger partial charge in [-0.05, 0) is 12.1 Å². The van der Waals surface area contributed by atoms with E-state index >= 15 is 0 Å². The molecule has 1 aromatic carbocycles. The van der Waals surface area contributed by atoms with Gasteiger partial charge in [0.15, 0.2) is 0 Å². The summed E-state index contributed by atoms with van der Waals surface area (Å²) in [5.74, 6) is -1.45. The normalized spacial score (nSPS) is 18.1. The minimum absolute atomic E-state index is 0.0234. The van der Waals surface area contributed by atoms with E-state index in [1.54, 1.807) is 0 Å². The van der Waals surface area contributed by atoms with Crippen molar-refractivity contribution in [3.63, 3.8) is 0 Å². The minimum Gasteiger partial charge on any atom is -0.478 e. The summed E-state index contributed by atoms with van der Waals surface area (Å²) in [6.07, 6.45) is -3.63. The third-order valence-corrected chi connectivity index (χ3v) is 4.10. The van der Waals surface area contributed by atoms with Crippen molar-refractivity contribution in [3.8, 4) is 11.3 Å². The molecular formula is C16H14ClF3N2O4. The second-order valence-electron chi connectivity index (χ2n) is 5.68. The molecule has 1 aliphatic heterocycles. The number of aromatic nitrogens is 2. The first-order chi connectivity index (χ1) is 12.3. The number of hydrogen-bond donors (Lipinski definition) is 1. The molecule has 6 nitrogen and oxygen atoms in total. The quantitative estimate of drug-likeness (QED) is 0.866. The zero-order valence-electron chi connectivity index (χ0n) is 13.3. The van der Waals surface area contributed by atoms with Crippen molar-refractivity contribution in [2.75, 3.05) is 19.8 Å². The van der Waals surface area contributed by atoms with Crippen LogP contribution in [0, 0.1) is 0 Å². The second-order valence-corrected chi connectivity index (χ2v) is 6.09. The fourth-order valence-electron chi connectivity index (χ4n) is 2.64. The summed E-state index contributed by atoms with van der Waals surface area (Å²) in [5.41, 5.74) is -1.94. The molecule has 140 valence electrons. The molecule has 0 aliphatic carbocycles. The molecular weight excluding hydrogens is 377 g/mol. The number of carboxylic acids is 1. The Kier molecular flexibility index (Phi) is 5.22. The van der Waals surface area contributed by atoms with Gasteiger partial charge in [-0.15, -0.1) is 0 Å². The van der Waals surface area contributed by atoms with E-state index < -0.39 is 23.3 Å². The fourth-order valence-corrected chi connectivity index (χ4v) is 2.89. The smallest absolute Gasteiger partial charge is 0.417 e. The highest BCUT2D eigenvalue weighted by atomic mass is 35.5. The first kappa shape index (κ1) is 18.7. The molecule has 2 heterocycles. The molecule has 1 N–H and O–H groups in total. The number of rotatable bonds is 4. The van der Waals surface area contributed by atoms with E-state index in [9.17, 15) is 18.0 Å². The number of benzene rings is 1. The number of nitrogens with zero attached hydrogens (tertiary/aromatic N) is 2. The lowest BCUT2D eigenvalue weighted by molar-refractivity contribution is -0.137. The van der Waals surface area contributed by atoms with E-state index in [2.05, 4.69) is 5.10 Å². The van der Waals surface area contributed by atoms with Crippen LogP contribution >= 0.6 is 11.6 Å². The van der Waals surface area contributed by atoms with Crippen LogP contribution in [0.15, 0.2) is 24.4 Å². The van der Waals surface area contributed by atoms with Crippen LogP contribution in [0.1, 0.15) is 15.9 Å². The first-order valence-electron chi connectivity index (χ1n) is 7.63. The van der Waals surface area contributed by atoms with Gasteiger partial charge in [-0.25, -0.2) is 4.79 Å². The highest BCUT2D eigenvalue weighted by molar-refractivity contribution is 6.33. The Morgan fingerprint density at radius 3 is 2.77 bits per heavy atom. The van der Waals surface area contributed by atoms with Crippen molar-refractivity contribution >= 4 is 17.6 Å². The number of ether oxygens (including phenoxy) is 2. The Balaban J connectivity index is 1.96. The summed E-state index contributed by atoms with van der Waals surface area (Å²) in [6.45, 7) is 1.55. The van der Waals surface area contributed by atoms with Crippen molar-refractivity contribution in [1.29, 1.82) is 0 Å². The summed E-state index contributed by atoms with van der Waals surface area (Å²) in [4.78, 5) is 11.0. The highest BCUT2D eigenvalue weighted by Gasteiger charge is 2.35. The number of carbonyl (C=O) groups is 1. The molecule has 0 spiro atoms. The largest absolute Gasteiger partial charge is 0.478 e. The molecule has 1 aromatic heterocycles. The number of halogens is 4. The van der Waals surface area contributed by atoms with Crippen LogP contribution in [0.3, 0.4) is 0 Å². The molecule has 0 amide bonds. The fraction of sp³-hybridized carbons (Fsp3) is 0.375. The maximum atomic E-state index is 13.4. The number of carboxylic acid groups (broad SMARTS) is 1. The van der Waals surface area contributed by atoms with Crippen LogP contribution in [0.5, 0.6) is 0 Å². The van der Waals surface area contributed by atoms with Gasteiger partial charge in [0.25, 0.3) is 0 Å². The molecule has 0 radical (unpaired) electrons. The standard InChI is InChI=1S/C16H14ClF3N2O4/c17-13-7-22(6-10-8-25-3-4-26-10)21-14(13)11-2-1-9(15(23)24)5-12(11)16(18,19)20/h1-2,5,7,10H,3-4,6,8H2,(H,23,24)/t10-/m0/s1. The molecule has 2 aromatic rings. The van der Waals surface area contributed by atoms with Gasteiger partial charge in [0.05, 0.1) is 42.5 Å². The van der Waals surface area contributed by atoms with Crippen molar-refractivity contribution in [2.24, 2.45) is 0 Å². The monoisotopic (exact) mass is 390 g/mol.